The van der Waals surface area contributed by atoms with Crippen molar-refractivity contribution in [2.45, 2.75) is 47.0 Å². The van der Waals surface area contributed by atoms with Crippen molar-refractivity contribution < 1.29 is 0 Å². The maximum Gasteiger partial charge on any atom is 0.125 e. The van der Waals surface area contributed by atoms with E-state index in [1.807, 2.05) is 13.1 Å². The molecule has 15 heavy (non-hydrogen) atoms. The lowest BCUT2D eigenvalue weighted by Crippen LogP contribution is -2.27. The lowest BCUT2D eigenvalue weighted by atomic mass is 9.72. The van der Waals surface area contributed by atoms with Gasteiger partial charge < -0.3 is 0 Å². The van der Waals surface area contributed by atoms with Crippen molar-refractivity contribution in [3.63, 3.8) is 0 Å². The van der Waals surface area contributed by atoms with Crippen molar-refractivity contribution >= 4 is 0 Å². The van der Waals surface area contributed by atoms with E-state index in [0.717, 1.165) is 24.6 Å². The number of hydrogen-bond donors (Lipinski definition) is 0. The molecule has 0 aromatic carbocycles. The van der Waals surface area contributed by atoms with Crippen molar-refractivity contribution in [3.8, 4) is 0 Å². The molecule has 1 atom stereocenters. The van der Waals surface area contributed by atoms with Gasteiger partial charge in [-0.3, -0.25) is 0 Å². The molecule has 0 bridgehead atoms. The van der Waals surface area contributed by atoms with E-state index >= 15 is 0 Å². The third-order valence-corrected chi connectivity index (χ3v) is 3.50. The van der Waals surface area contributed by atoms with Crippen LogP contribution in [0.1, 0.15) is 44.3 Å². The molecule has 0 N–H and O–H groups in total. The summed E-state index contributed by atoms with van der Waals surface area (Å²) in [6, 6.07) is 0. The fourth-order valence-corrected chi connectivity index (χ4v) is 2.35. The lowest BCUT2D eigenvalue weighted by molar-refractivity contribution is 0.214. The molecule has 2 rings (SSSR count). The smallest absolute Gasteiger partial charge is 0.125 e. The van der Waals surface area contributed by atoms with Crippen molar-refractivity contribution in [2.75, 3.05) is 0 Å². The number of aromatic nitrogens is 2. The Morgan fingerprint density at radius 3 is 2.73 bits per heavy atom. The van der Waals surface area contributed by atoms with Gasteiger partial charge in [-0.2, -0.15) is 0 Å². The zero-order valence-corrected chi connectivity index (χ0v) is 10.2. The van der Waals surface area contributed by atoms with Crippen LogP contribution in [0, 0.1) is 18.3 Å². The van der Waals surface area contributed by atoms with Crippen molar-refractivity contribution in [1.82, 2.24) is 9.97 Å². The maximum atomic E-state index is 4.52. The third kappa shape index (κ3) is 2.19. The topological polar surface area (TPSA) is 25.8 Å². The van der Waals surface area contributed by atoms with Gasteiger partial charge in [-0.05, 0) is 43.1 Å². The molecule has 0 saturated carbocycles. The standard InChI is InChI=1S/C13H20N2/c1-9-14-8-10-7-11(13(2,3)4)5-6-12(10)15-9/h8,11H,5-7H2,1-4H3/t11-/m0/s1. The fourth-order valence-electron chi connectivity index (χ4n) is 2.35. The molecule has 1 aliphatic rings. The summed E-state index contributed by atoms with van der Waals surface area (Å²) in [5, 5.41) is 0. The number of fused-ring (bicyclic) bond motifs is 1. The minimum absolute atomic E-state index is 0.405. The van der Waals surface area contributed by atoms with Crippen LogP contribution in [0.4, 0.5) is 0 Å². The van der Waals surface area contributed by atoms with Gasteiger partial charge >= 0.3 is 0 Å². The molecule has 0 saturated heterocycles. The molecule has 0 amide bonds. The second-order valence-corrected chi connectivity index (χ2v) is 5.69. The Balaban J connectivity index is 2.24. The van der Waals surface area contributed by atoms with E-state index in [9.17, 15) is 0 Å². The first-order valence-electron chi connectivity index (χ1n) is 5.78. The average molecular weight is 204 g/mol. The van der Waals surface area contributed by atoms with Gasteiger partial charge in [-0.25, -0.2) is 9.97 Å². The Morgan fingerprint density at radius 2 is 2.07 bits per heavy atom. The largest absolute Gasteiger partial charge is 0.241 e. The van der Waals surface area contributed by atoms with Crippen molar-refractivity contribution in [2.24, 2.45) is 11.3 Å². The third-order valence-electron chi connectivity index (χ3n) is 3.50. The van der Waals surface area contributed by atoms with E-state index in [0.29, 0.717) is 5.41 Å². The quantitative estimate of drug-likeness (QED) is 0.649. The summed E-state index contributed by atoms with van der Waals surface area (Å²) >= 11 is 0. The number of nitrogens with zero attached hydrogens (tertiary/aromatic N) is 2. The minimum atomic E-state index is 0.405. The van der Waals surface area contributed by atoms with Crippen LogP contribution in [0.5, 0.6) is 0 Å². The molecule has 0 unspecified atom stereocenters. The second kappa shape index (κ2) is 3.58. The van der Waals surface area contributed by atoms with Crippen LogP contribution < -0.4 is 0 Å². The Labute approximate surface area is 92.1 Å². The summed E-state index contributed by atoms with van der Waals surface area (Å²) in [5.41, 5.74) is 3.05. The minimum Gasteiger partial charge on any atom is -0.241 e. The molecular weight excluding hydrogens is 184 g/mol. The lowest BCUT2D eigenvalue weighted by Gasteiger charge is -2.34. The summed E-state index contributed by atoms with van der Waals surface area (Å²) in [4.78, 5) is 8.82. The van der Waals surface area contributed by atoms with Gasteiger partial charge in [0.2, 0.25) is 0 Å². The van der Waals surface area contributed by atoms with Crippen LogP contribution >= 0.6 is 0 Å². The van der Waals surface area contributed by atoms with Gasteiger partial charge in [0.25, 0.3) is 0 Å². The van der Waals surface area contributed by atoms with E-state index < -0.39 is 0 Å². The van der Waals surface area contributed by atoms with Gasteiger partial charge in [0.05, 0.1) is 0 Å². The monoisotopic (exact) mass is 204 g/mol. The van der Waals surface area contributed by atoms with E-state index in [4.69, 9.17) is 0 Å². The van der Waals surface area contributed by atoms with Crippen LogP contribution in [0.15, 0.2) is 6.20 Å². The maximum absolute atomic E-state index is 4.52. The highest BCUT2D eigenvalue weighted by atomic mass is 14.9. The first-order valence-corrected chi connectivity index (χ1v) is 5.78. The van der Waals surface area contributed by atoms with Gasteiger partial charge in [0.15, 0.2) is 0 Å². The van der Waals surface area contributed by atoms with Gasteiger partial charge in [-0.1, -0.05) is 20.8 Å². The zero-order chi connectivity index (χ0) is 11.1. The van der Waals surface area contributed by atoms with Crippen LogP contribution in [-0.4, -0.2) is 9.97 Å². The zero-order valence-electron chi connectivity index (χ0n) is 10.2. The van der Waals surface area contributed by atoms with Crippen LogP contribution in [-0.2, 0) is 12.8 Å². The SMILES string of the molecule is Cc1ncc2c(n1)CC[C@H](C(C)(C)C)C2. The van der Waals surface area contributed by atoms with E-state index in [2.05, 4.69) is 30.7 Å². The Bertz CT molecular complexity index is 363. The normalized spacial score (nSPS) is 21.2. The molecule has 0 spiro atoms. The fraction of sp³-hybridized carbons (Fsp3) is 0.692. The Kier molecular flexibility index (Phi) is 2.53. The van der Waals surface area contributed by atoms with Crippen LogP contribution in [0.2, 0.25) is 0 Å². The Hall–Kier alpha value is -0.920. The molecule has 2 nitrogen and oxygen atoms in total. The molecular formula is C13H20N2. The number of hydrogen-bond acceptors (Lipinski definition) is 2. The number of rotatable bonds is 0. The summed E-state index contributed by atoms with van der Waals surface area (Å²) in [6.45, 7) is 8.96. The molecule has 1 aromatic rings. The number of aryl methyl sites for hydroxylation is 2. The van der Waals surface area contributed by atoms with Crippen molar-refractivity contribution in [3.05, 3.63) is 23.3 Å². The summed E-state index contributed by atoms with van der Waals surface area (Å²) in [6.07, 6.45) is 5.57. The Morgan fingerprint density at radius 1 is 1.33 bits per heavy atom. The second-order valence-electron chi connectivity index (χ2n) is 5.69. The average Bonchev–Trinajstić information content (AvgIpc) is 2.15. The van der Waals surface area contributed by atoms with Crippen LogP contribution in [0.3, 0.4) is 0 Å². The summed E-state index contributed by atoms with van der Waals surface area (Å²) in [5.74, 6) is 1.68. The highest BCUT2D eigenvalue weighted by molar-refractivity contribution is 5.21. The molecule has 0 radical (unpaired) electrons. The molecule has 2 heteroatoms. The molecule has 0 aliphatic heterocycles. The predicted octanol–water partition coefficient (Wildman–Crippen LogP) is 2.94. The van der Waals surface area contributed by atoms with Gasteiger partial charge in [-0.15, -0.1) is 0 Å². The van der Waals surface area contributed by atoms with E-state index in [1.54, 1.807) is 0 Å². The van der Waals surface area contributed by atoms with E-state index in [1.165, 1.54) is 17.7 Å². The van der Waals surface area contributed by atoms with Crippen molar-refractivity contribution in [1.29, 1.82) is 0 Å². The molecule has 1 heterocycles. The highest BCUT2D eigenvalue weighted by Gasteiger charge is 2.29. The summed E-state index contributed by atoms with van der Waals surface area (Å²) in [7, 11) is 0. The summed E-state index contributed by atoms with van der Waals surface area (Å²) < 4.78 is 0. The van der Waals surface area contributed by atoms with E-state index in [-0.39, 0.29) is 0 Å². The first kappa shape index (κ1) is 10.6. The van der Waals surface area contributed by atoms with Crippen LogP contribution in [0.25, 0.3) is 0 Å². The van der Waals surface area contributed by atoms with Gasteiger partial charge in [0.1, 0.15) is 5.82 Å². The first-order chi connectivity index (χ1) is 6.97. The molecule has 1 aromatic heterocycles. The molecule has 1 aliphatic carbocycles. The molecule has 82 valence electrons. The highest BCUT2D eigenvalue weighted by Crippen LogP contribution is 2.36. The predicted molar refractivity (Wildman–Crippen MR) is 61.7 cm³/mol. The van der Waals surface area contributed by atoms with Gasteiger partial charge in [0, 0.05) is 11.9 Å². The molecule has 0 fully saturated rings.